The maximum atomic E-state index is 13.1. The van der Waals surface area contributed by atoms with Gasteiger partial charge >= 0.3 is 5.51 Å². The van der Waals surface area contributed by atoms with Crippen molar-refractivity contribution in [1.29, 1.82) is 0 Å². The van der Waals surface area contributed by atoms with Crippen LogP contribution in [0.3, 0.4) is 0 Å². The minimum Gasteiger partial charge on any atom is -0.398 e. The third kappa shape index (κ3) is 16.6. The summed E-state index contributed by atoms with van der Waals surface area (Å²) in [6, 6.07) is 30.7. The van der Waals surface area contributed by atoms with Gasteiger partial charge in [0.1, 0.15) is 0 Å². The number of hydrogen-bond donors (Lipinski definition) is 3. The van der Waals surface area contributed by atoms with Gasteiger partial charge in [-0.3, -0.25) is 24.1 Å². The highest BCUT2D eigenvalue weighted by Gasteiger charge is 2.39. The van der Waals surface area contributed by atoms with Gasteiger partial charge in [0, 0.05) is 101 Å². The number of piperidine rings is 1. The second-order valence-corrected chi connectivity index (χ2v) is 25.2. The van der Waals surface area contributed by atoms with Crippen molar-refractivity contribution in [3.8, 4) is 0 Å². The number of amides is 2. The minimum atomic E-state index is -4.44. The third-order valence-corrected chi connectivity index (χ3v) is 18.7. The lowest BCUT2D eigenvalue weighted by molar-refractivity contribution is -0.139. The number of nitrogens with two attached hydrogens (primary N) is 1. The van der Waals surface area contributed by atoms with Crippen LogP contribution < -0.4 is 20.7 Å². The molecule has 9 nitrogen and oxygen atoms in total. The van der Waals surface area contributed by atoms with E-state index in [4.69, 9.17) is 17.3 Å². The topological polar surface area (TPSA) is 97.2 Å². The summed E-state index contributed by atoms with van der Waals surface area (Å²) in [6.45, 7) is 16.9. The normalized spacial score (nSPS) is 19.8. The van der Waals surface area contributed by atoms with E-state index in [2.05, 4.69) is 86.0 Å². The number of benzene rings is 4. The average molecular weight is 1090 g/mol. The molecule has 4 aromatic rings. The first-order valence-electron chi connectivity index (χ1n) is 26.7. The summed E-state index contributed by atoms with van der Waals surface area (Å²) in [5.41, 5.74) is 7.93. The highest BCUT2D eigenvalue weighted by molar-refractivity contribution is 8.00. The Balaban J connectivity index is 0.000000211. The Bertz CT molecular complexity index is 2470. The molecule has 0 radical (unpaired) electrons. The summed E-state index contributed by atoms with van der Waals surface area (Å²) in [5, 5.41) is 4.25. The number of nitrogens with one attached hydrogen (secondary N) is 2. The third-order valence-electron chi connectivity index (χ3n) is 15.7. The number of allylic oxidation sites excluding steroid dienone is 1. The van der Waals surface area contributed by atoms with E-state index >= 15 is 0 Å². The molecule has 3 aliphatic heterocycles. The van der Waals surface area contributed by atoms with Crippen molar-refractivity contribution in [3.63, 3.8) is 0 Å². The molecule has 9 rings (SSSR count). The molecule has 74 heavy (non-hydrogen) atoms. The Kier molecular flexibility index (Phi) is 20.2. The lowest BCUT2D eigenvalue weighted by Crippen LogP contribution is -2.51. The second-order valence-electron chi connectivity index (χ2n) is 21.6. The lowest BCUT2D eigenvalue weighted by Gasteiger charge is -2.44. The van der Waals surface area contributed by atoms with E-state index in [9.17, 15) is 22.8 Å². The van der Waals surface area contributed by atoms with Gasteiger partial charge in [0.2, 0.25) is 5.91 Å². The average Bonchev–Trinajstić information content (AvgIpc) is 3.40. The highest BCUT2D eigenvalue weighted by Crippen LogP contribution is 2.46. The van der Waals surface area contributed by atoms with E-state index in [1.807, 2.05) is 36.0 Å². The van der Waals surface area contributed by atoms with Crippen LogP contribution in [0.4, 0.5) is 24.5 Å². The minimum absolute atomic E-state index is 0.0390. The van der Waals surface area contributed by atoms with E-state index in [-0.39, 0.29) is 28.3 Å². The Morgan fingerprint density at radius 2 is 1.46 bits per heavy atom. The summed E-state index contributed by atoms with van der Waals surface area (Å²) in [7, 11) is 0. The number of carbonyl (C=O) groups excluding carboxylic acids is 2. The summed E-state index contributed by atoms with van der Waals surface area (Å²) in [5.74, 6) is 1.62. The molecule has 0 atom stereocenters. The SMILES string of the molecule is CC1(C)CCC(c2ccc(Cl)cc2)=C(CN2CCN(c3ccc(C(=O)NSc4ccc(N)c(SC(F)(F)F)c4)cc3)CC2)C1.O=C(C1CCC2(CCNCC2)CC1)N1CCN(CCCCSc2ccccc2)CC1. The molecule has 5 aliphatic rings. The zero-order chi connectivity index (χ0) is 52.1. The number of unbranched alkanes of at least 4 members (excludes halogenated alkanes) is 1. The van der Waals surface area contributed by atoms with Crippen LogP contribution in [-0.2, 0) is 4.79 Å². The van der Waals surface area contributed by atoms with Crippen LogP contribution in [0, 0.1) is 16.7 Å². The molecule has 0 bridgehead atoms. The molecule has 1 saturated carbocycles. The summed E-state index contributed by atoms with van der Waals surface area (Å²) in [4.78, 5) is 37.1. The second kappa shape index (κ2) is 26.5. The van der Waals surface area contributed by atoms with Crippen molar-refractivity contribution in [2.24, 2.45) is 16.7 Å². The van der Waals surface area contributed by atoms with Gasteiger partial charge in [-0.05, 0) is 208 Å². The van der Waals surface area contributed by atoms with E-state index in [0.717, 1.165) is 107 Å². The van der Waals surface area contributed by atoms with Gasteiger partial charge in [0.15, 0.2) is 0 Å². The van der Waals surface area contributed by atoms with Crippen molar-refractivity contribution in [2.45, 2.75) is 105 Å². The molecule has 3 heterocycles. The maximum absolute atomic E-state index is 13.1. The number of rotatable bonds is 15. The maximum Gasteiger partial charge on any atom is 0.446 e. The van der Waals surface area contributed by atoms with Crippen molar-refractivity contribution in [2.75, 3.05) is 94.9 Å². The first-order valence-corrected chi connectivity index (χ1v) is 29.7. The van der Waals surface area contributed by atoms with E-state index in [0.29, 0.717) is 33.1 Å². The Morgan fingerprint density at radius 3 is 2.14 bits per heavy atom. The van der Waals surface area contributed by atoms with Gasteiger partial charge in [-0.1, -0.05) is 61.4 Å². The largest absolute Gasteiger partial charge is 0.446 e. The molecule has 400 valence electrons. The molecule has 16 heteroatoms. The molecule has 3 saturated heterocycles. The fourth-order valence-electron chi connectivity index (χ4n) is 11.3. The number of hydrogen-bond acceptors (Lipinski definition) is 10. The number of halogens is 4. The van der Waals surface area contributed by atoms with Crippen molar-refractivity contribution in [1.82, 2.24) is 24.7 Å². The number of carbonyl (C=O) groups is 2. The molecule has 4 N–H and O–H groups in total. The number of alkyl halides is 3. The van der Waals surface area contributed by atoms with Crippen molar-refractivity contribution < 1.29 is 22.8 Å². The number of piperazine rings is 2. The van der Waals surface area contributed by atoms with Crippen LogP contribution in [-0.4, -0.2) is 116 Å². The fourth-order valence-corrected chi connectivity index (χ4v) is 13.7. The van der Waals surface area contributed by atoms with Crippen molar-refractivity contribution in [3.05, 3.63) is 119 Å². The Labute approximate surface area is 455 Å². The zero-order valence-electron chi connectivity index (χ0n) is 43.2. The molecule has 0 aromatic heterocycles. The monoisotopic (exact) mass is 1090 g/mol. The van der Waals surface area contributed by atoms with Crippen LogP contribution in [0.1, 0.15) is 100 Å². The highest BCUT2D eigenvalue weighted by atomic mass is 35.5. The van der Waals surface area contributed by atoms with Crippen LogP contribution in [0.5, 0.6) is 0 Å². The van der Waals surface area contributed by atoms with E-state index < -0.39 is 5.51 Å². The molecule has 4 fully saturated rings. The molecule has 1 spiro atoms. The number of thioether (sulfide) groups is 2. The van der Waals surface area contributed by atoms with Crippen LogP contribution >= 0.6 is 47.1 Å². The van der Waals surface area contributed by atoms with Crippen LogP contribution in [0.15, 0.2) is 117 Å². The van der Waals surface area contributed by atoms with Crippen LogP contribution in [0.2, 0.25) is 5.02 Å². The quantitative estimate of drug-likeness (QED) is 0.0462. The predicted octanol–water partition coefficient (Wildman–Crippen LogP) is 13.0. The van der Waals surface area contributed by atoms with Crippen LogP contribution in [0.25, 0.3) is 5.57 Å². The molecule has 0 unspecified atom stereocenters. The van der Waals surface area contributed by atoms with Gasteiger partial charge in [0.25, 0.3) is 5.91 Å². The molecule has 4 aromatic carbocycles. The molecular weight excluding hydrogens is 1020 g/mol. The van der Waals surface area contributed by atoms with E-state index in [1.54, 1.807) is 18.2 Å². The summed E-state index contributed by atoms with van der Waals surface area (Å²) < 4.78 is 41.1. The molecule has 2 aliphatic carbocycles. The van der Waals surface area contributed by atoms with Gasteiger partial charge < -0.3 is 20.9 Å². The van der Waals surface area contributed by atoms with Crippen molar-refractivity contribution >= 4 is 75.8 Å². The lowest BCUT2D eigenvalue weighted by atomic mass is 9.65. The number of nitrogen functional groups attached to an aromatic ring is 1. The first-order chi connectivity index (χ1) is 35.6. The number of anilines is 2. The Hall–Kier alpha value is -3.83. The predicted molar refractivity (Wildman–Crippen MR) is 303 cm³/mol. The summed E-state index contributed by atoms with van der Waals surface area (Å²) >= 11 is 8.80. The van der Waals surface area contributed by atoms with Gasteiger partial charge in [-0.2, -0.15) is 13.2 Å². The van der Waals surface area contributed by atoms with Gasteiger partial charge in [0.05, 0.1) is 0 Å². The standard InChI is InChI=1S/C33H36ClF3N4OS2.C25H39N3OS/c1-32(2)14-13-28(22-3-7-25(34)8-4-22)24(20-32)21-40-15-17-41(18-16-40)26-9-5-23(6-10-26)31(42)39-44-27-11-12-29(38)30(19-27)43-33(35,36)37;29-24(22-8-10-25(11-9-22)12-14-26-15-13-25)28-19-17-27(18-20-28)16-4-5-21-30-23-6-2-1-3-7-23/h3-12,19H,13-18,20-21,38H2,1-2H3,(H,39,42);1-3,6-7,22,26H,4-5,8-21H2. The van der Waals surface area contributed by atoms with Gasteiger partial charge in [-0.25, -0.2) is 0 Å². The van der Waals surface area contributed by atoms with E-state index in [1.165, 1.54) is 104 Å². The smallest absolute Gasteiger partial charge is 0.398 e. The number of nitrogens with zero attached hydrogens (tertiary/aromatic N) is 4. The molecule has 2 amide bonds. The first kappa shape index (κ1) is 56.4. The van der Waals surface area contributed by atoms with Gasteiger partial charge in [-0.15, -0.1) is 11.8 Å². The zero-order valence-corrected chi connectivity index (χ0v) is 46.4. The Morgan fingerprint density at radius 1 is 0.784 bits per heavy atom. The molecular formula is C58H75ClF3N7O2S3. The summed E-state index contributed by atoms with van der Waals surface area (Å²) in [6.07, 6.45) is 13.3. The fraction of sp³-hybridized carbons (Fsp3) is 0.517.